The fourth-order valence-electron chi connectivity index (χ4n) is 3.92. The second-order valence-electron chi connectivity index (χ2n) is 8.26. The Morgan fingerprint density at radius 2 is 1.71 bits per heavy atom. The lowest BCUT2D eigenvalue weighted by Gasteiger charge is -2.34. The number of hydrogen-bond donors (Lipinski definition) is 1. The van der Waals surface area contributed by atoms with E-state index in [1.165, 1.54) is 11.3 Å². The lowest BCUT2D eigenvalue weighted by Crippen LogP contribution is -2.52. The predicted molar refractivity (Wildman–Crippen MR) is 135 cm³/mol. The third-order valence-corrected chi connectivity index (χ3v) is 7.55. The van der Waals surface area contributed by atoms with Gasteiger partial charge in [0, 0.05) is 36.7 Å². The highest BCUT2D eigenvalue weighted by atomic mass is 32.2. The van der Waals surface area contributed by atoms with Crippen LogP contribution < -0.4 is 5.32 Å². The van der Waals surface area contributed by atoms with E-state index in [4.69, 9.17) is 0 Å². The third kappa shape index (κ3) is 5.57. The number of thiophene rings is 1. The van der Waals surface area contributed by atoms with Crippen LogP contribution in [-0.2, 0) is 14.4 Å². The van der Waals surface area contributed by atoms with E-state index in [1.807, 2.05) is 54.5 Å². The topological polar surface area (TPSA) is 90.0 Å². The van der Waals surface area contributed by atoms with Gasteiger partial charge in [-0.3, -0.25) is 29.0 Å². The second kappa shape index (κ2) is 10.5. The first-order valence-electron chi connectivity index (χ1n) is 11.0. The molecule has 34 heavy (non-hydrogen) atoms. The van der Waals surface area contributed by atoms with Crippen LogP contribution in [0.5, 0.6) is 0 Å². The molecule has 1 aromatic carbocycles. The van der Waals surface area contributed by atoms with Crippen molar-refractivity contribution < 1.29 is 19.2 Å². The van der Waals surface area contributed by atoms with Gasteiger partial charge in [-0.15, -0.1) is 11.3 Å². The van der Waals surface area contributed by atoms with Gasteiger partial charge in [-0.1, -0.05) is 24.3 Å². The first-order chi connectivity index (χ1) is 16.3. The second-order valence-corrected chi connectivity index (χ2v) is 10.2. The highest BCUT2D eigenvalue weighted by Crippen LogP contribution is 2.33. The van der Waals surface area contributed by atoms with E-state index in [2.05, 4.69) is 5.32 Å². The van der Waals surface area contributed by atoms with Gasteiger partial charge in [0.05, 0.1) is 11.4 Å². The SMILES string of the molecule is Cc1cccc(C)c1NC(=O)CN1CCN(C(=O)CN2C(=O)S/C(=C\c3cccs3)C2=O)CC1. The summed E-state index contributed by atoms with van der Waals surface area (Å²) in [5.74, 6) is -0.787. The highest BCUT2D eigenvalue weighted by Gasteiger charge is 2.37. The maximum absolute atomic E-state index is 12.8. The summed E-state index contributed by atoms with van der Waals surface area (Å²) in [7, 11) is 0. The predicted octanol–water partition coefficient (Wildman–Crippen LogP) is 3.18. The van der Waals surface area contributed by atoms with Gasteiger partial charge >= 0.3 is 0 Å². The normalized spacial score (nSPS) is 18.1. The number of thioether (sulfide) groups is 1. The molecule has 8 nitrogen and oxygen atoms in total. The quantitative estimate of drug-likeness (QED) is 0.616. The average Bonchev–Trinajstić information content (AvgIpc) is 3.41. The van der Waals surface area contributed by atoms with E-state index in [0.29, 0.717) is 31.1 Å². The van der Waals surface area contributed by atoms with E-state index in [0.717, 1.165) is 38.4 Å². The monoisotopic (exact) mass is 498 g/mol. The third-order valence-electron chi connectivity index (χ3n) is 5.82. The number of carbonyl (C=O) groups is 4. The number of nitrogens with zero attached hydrogens (tertiary/aromatic N) is 3. The van der Waals surface area contributed by atoms with Crippen LogP contribution in [0.4, 0.5) is 10.5 Å². The van der Waals surface area contributed by atoms with Gasteiger partial charge < -0.3 is 10.2 Å². The molecule has 4 rings (SSSR count). The number of aryl methyl sites for hydroxylation is 2. The number of piperazine rings is 1. The largest absolute Gasteiger partial charge is 0.339 e. The minimum atomic E-state index is -0.432. The van der Waals surface area contributed by atoms with Gasteiger partial charge in [-0.2, -0.15) is 0 Å². The Morgan fingerprint density at radius 1 is 1.00 bits per heavy atom. The van der Waals surface area contributed by atoms with Crippen molar-refractivity contribution in [3.8, 4) is 0 Å². The summed E-state index contributed by atoms with van der Waals surface area (Å²) >= 11 is 2.34. The molecule has 0 spiro atoms. The summed E-state index contributed by atoms with van der Waals surface area (Å²) < 4.78 is 0. The van der Waals surface area contributed by atoms with Crippen LogP contribution in [0, 0.1) is 13.8 Å². The summed E-state index contributed by atoms with van der Waals surface area (Å²) in [6.07, 6.45) is 1.68. The lowest BCUT2D eigenvalue weighted by molar-refractivity contribution is -0.137. The van der Waals surface area contributed by atoms with Crippen LogP contribution in [0.25, 0.3) is 6.08 Å². The molecular formula is C24H26N4O4S2. The van der Waals surface area contributed by atoms with E-state index in [9.17, 15) is 19.2 Å². The first kappa shape index (κ1) is 24.2. The molecule has 1 aromatic heterocycles. The summed E-state index contributed by atoms with van der Waals surface area (Å²) in [5, 5.41) is 4.46. The van der Waals surface area contributed by atoms with E-state index in [-0.39, 0.29) is 24.9 Å². The Morgan fingerprint density at radius 3 is 2.35 bits per heavy atom. The summed E-state index contributed by atoms with van der Waals surface area (Å²) in [6.45, 7) is 5.88. The summed E-state index contributed by atoms with van der Waals surface area (Å²) in [4.78, 5) is 56.1. The Balaban J connectivity index is 1.26. The van der Waals surface area contributed by atoms with Crippen LogP contribution >= 0.6 is 23.1 Å². The number of benzene rings is 1. The number of para-hydroxylation sites is 1. The van der Waals surface area contributed by atoms with Gasteiger partial charge in [-0.25, -0.2) is 0 Å². The molecule has 3 heterocycles. The molecule has 0 bridgehead atoms. The van der Waals surface area contributed by atoms with Gasteiger partial charge in [0.15, 0.2) is 0 Å². The van der Waals surface area contributed by atoms with Crippen molar-refractivity contribution >= 4 is 57.8 Å². The Kier molecular flexibility index (Phi) is 7.50. The number of imide groups is 1. The zero-order chi connectivity index (χ0) is 24.2. The zero-order valence-corrected chi connectivity index (χ0v) is 20.7. The molecule has 2 fully saturated rings. The Bertz CT molecular complexity index is 1120. The van der Waals surface area contributed by atoms with Crippen LogP contribution in [0.3, 0.4) is 0 Å². The number of hydrogen-bond acceptors (Lipinski definition) is 7. The molecule has 1 N–H and O–H groups in total. The van der Waals surface area contributed by atoms with Crippen LogP contribution in [0.15, 0.2) is 40.6 Å². The van der Waals surface area contributed by atoms with Gasteiger partial charge in [-0.05, 0) is 54.3 Å². The standard InChI is InChI=1S/C24H26N4O4S2/c1-16-5-3-6-17(2)22(16)25-20(29)14-26-8-10-27(11-9-26)21(30)15-28-23(31)19(34-24(28)32)13-18-7-4-12-33-18/h3-7,12-13H,8-11,14-15H2,1-2H3,(H,25,29)/b19-13-. The van der Waals surface area contributed by atoms with Crippen molar-refractivity contribution in [3.05, 3.63) is 56.6 Å². The number of rotatable bonds is 6. The molecule has 0 aliphatic carbocycles. The van der Waals surface area contributed by atoms with Crippen molar-refractivity contribution in [2.24, 2.45) is 0 Å². The molecule has 0 saturated carbocycles. The molecule has 2 aromatic rings. The summed E-state index contributed by atoms with van der Waals surface area (Å²) in [6, 6.07) is 9.62. The van der Waals surface area contributed by atoms with Crippen molar-refractivity contribution in [2.75, 3.05) is 44.6 Å². The maximum atomic E-state index is 12.8. The van der Waals surface area contributed by atoms with Crippen LogP contribution in [0.1, 0.15) is 16.0 Å². The molecule has 0 radical (unpaired) electrons. The van der Waals surface area contributed by atoms with Crippen molar-refractivity contribution in [3.63, 3.8) is 0 Å². The summed E-state index contributed by atoms with van der Waals surface area (Å²) in [5.41, 5.74) is 2.87. The minimum Gasteiger partial charge on any atom is -0.339 e. The maximum Gasteiger partial charge on any atom is 0.294 e. The molecular weight excluding hydrogens is 472 g/mol. The van der Waals surface area contributed by atoms with Crippen molar-refractivity contribution in [1.82, 2.24) is 14.7 Å². The highest BCUT2D eigenvalue weighted by molar-refractivity contribution is 8.18. The lowest BCUT2D eigenvalue weighted by atomic mass is 10.1. The Labute approximate surface area is 206 Å². The van der Waals surface area contributed by atoms with Crippen LogP contribution in [0.2, 0.25) is 0 Å². The van der Waals surface area contributed by atoms with E-state index in [1.54, 1.807) is 11.0 Å². The molecule has 178 valence electrons. The molecule has 2 aliphatic heterocycles. The molecule has 0 unspecified atom stereocenters. The smallest absolute Gasteiger partial charge is 0.294 e. The van der Waals surface area contributed by atoms with Crippen LogP contribution in [-0.4, -0.2) is 76.9 Å². The minimum absolute atomic E-state index is 0.0903. The number of anilines is 1. The number of nitrogens with one attached hydrogen (secondary N) is 1. The van der Waals surface area contributed by atoms with E-state index >= 15 is 0 Å². The molecule has 10 heteroatoms. The molecule has 4 amide bonds. The zero-order valence-electron chi connectivity index (χ0n) is 19.1. The fourth-order valence-corrected chi connectivity index (χ4v) is 5.48. The number of carbonyl (C=O) groups excluding carboxylic acids is 4. The Hall–Kier alpha value is -2.95. The molecule has 2 aliphatic rings. The van der Waals surface area contributed by atoms with Crippen molar-refractivity contribution in [1.29, 1.82) is 0 Å². The fraction of sp³-hybridized carbons (Fsp3) is 0.333. The van der Waals surface area contributed by atoms with Gasteiger partial charge in [0.1, 0.15) is 6.54 Å². The van der Waals surface area contributed by atoms with E-state index < -0.39 is 11.1 Å². The van der Waals surface area contributed by atoms with Gasteiger partial charge in [0.2, 0.25) is 11.8 Å². The average molecular weight is 499 g/mol. The van der Waals surface area contributed by atoms with Crippen molar-refractivity contribution in [2.45, 2.75) is 13.8 Å². The van der Waals surface area contributed by atoms with Gasteiger partial charge in [0.25, 0.3) is 11.1 Å². The number of amides is 4. The first-order valence-corrected chi connectivity index (χ1v) is 12.7. The molecule has 2 saturated heterocycles. The molecule has 0 atom stereocenters.